The van der Waals surface area contributed by atoms with E-state index in [4.69, 9.17) is 16.7 Å². The monoisotopic (exact) mass is 345 g/mol. The maximum atomic E-state index is 12.3. The van der Waals surface area contributed by atoms with Crippen molar-refractivity contribution in [3.63, 3.8) is 0 Å². The molecular weight excluding hydrogens is 334 g/mol. The molecule has 0 radical (unpaired) electrons. The van der Waals surface area contributed by atoms with Crippen molar-refractivity contribution in [3.8, 4) is 0 Å². The summed E-state index contributed by atoms with van der Waals surface area (Å²) in [6.45, 7) is 0.872. The molecule has 1 N–H and O–H groups in total. The molecule has 19 heavy (non-hydrogen) atoms. The molecule has 1 aromatic carbocycles. The molecule has 0 aliphatic carbocycles. The van der Waals surface area contributed by atoms with Gasteiger partial charge in [-0.05, 0) is 47.0 Å². The number of likely N-dealkylation sites (tertiary alicyclic amines) is 1. The summed E-state index contributed by atoms with van der Waals surface area (Å²) in [5, 5.41) is 9.57. The van der Waals surface area contributed by atoms with Gasteiger partial charge in [0.1, 0.15) is 0 Å². The lowest BCUT2D eigenvalue weighted by Gasteiger charge is -2.30. The van der Waals surface area contributed by atoms with Gasteiger partial charge in [-0.25, -0.2) is 0 Å². The number of halogens is 2. The second kappa shape index (κ2) is 5.92. The lowest BCUT2D eigenvalue weighted by Crippen LogP contribution is -2.42. The predicted octanol–water partition coefficient (Wildman–Crippen LogP) is 3.04. The first-order chi connectivity index (χ1) is 8.99. The van der Waals surface area contributed by atoms with Crippen molar-refractivity contribution < 1.29 is 14.7 Å². The third-order valence-electron chi connectivity index (χ3n) is 3.22. The molecule has 0 unspecified atom stereocenters. The maximum Gasteiger partial charge on any atom is 0.308 e. The van der Waals surface area contributed by atoms with E-state index >= 15 is 0 Å². The number of amides is 1. The van der Waals surface area contributed by atoms with Gasteiger partial charge in [0.15, 0.2) is 0 Å². The minimum absolute atomic E-state index is 0.150. The minimum Gasteiger partial charge on any atom is -0.481 e. The normalized spacial score (nSPS) is 19.3. The Balaban J connectivity index is 2.14. The molecule has 1 fully saturated rings. The first-order valence-electron chi connectivity index (χ1n) is 5.96. The van der Waals surface area contributed by atoms with Gasteiger partial charge in [0, 0.05) is 23.1 Å². The van der Waals surface area contributed by atoms with Crippen LogP contribution in [0.1, 0.15) is 23.2 Å². The van der Waals surface area contributed by atoms with Gasteiger partial charge >= 0.3 is 5.97 Å². The quantitative estimate of drug-likeness (QED) is 0.895. The van der Waals surface area contributed by atoms with Crippen LogP contribution in [0.4, 0.5) is 0 Å². The summed E-state index contributed by atoms with van der Waals surface area (Å²) in [5.41, 5.74) is 0.516. The molecule has 0 saturated carbocycles. The second-order valence-corrected chi connectivity index (χ2v) is 5.82. The van der Waals surface area contributed by atoms with Crippen LogP contribution in [0.15, 0.2) is 22.7 Å². The standard InChI is InChI=1S/C13H13BrClNO3/c14-10-6-8(3-4-11(10)15)12(17)16-5-1-2-9(7-16)13(18)19/h3-4,6,9H,1-2,5,7H2,(H,18,19)/t9-/m1/s1. The Morgan fingerprint density at radius 2 is 2.16 bits per heavy atom. The summed E-state index contributed by atoms with van der Waals surface area (Å²) < 4.78 is 0.659. The number of aliphatic carboxylic acids is 1. The van der Waals surface area contributed by atoms with Gasteiger partial charge in [0.2, 0.25) is 0 Å². The number of carboxylic acids is 1. The second-order valence-electron chi connectivity index (χ2n) is 4.56. The average Bonchev–Trinajstić information content (AvgIpc) is 2.41. The van der Waals surface area contributed by atoms with E-state index in [1.165, 1.54) is 0 Å². The molecule has 1 amide bonds. The van der Waals surface area contributed by atoms with Crippen LogP contribution in [0, 0.1) is 5.92 Å². The molecule has 0 bridgehead atoms. The average molecular weight is 347 g/mol. The largest absolute Gasteiger partial charge is 0.481 e. The van der Waals surface area contributed by atoms with Crippen LogP contribution in [0.2, 0.25) is 5.02 Å². The molecule has 4 nitrogen and oxygen atoms in total. The Labute approximate surface area is 124 Å². The van der Waals surface area contributed by atoms with E-state index in [1.807, 2.05) is 0 Å². The van der Waals surface area contributed by atoms with E-state index in [-0.39, 0.29) is 12.5 Å². The summed E-state index contributed by atoms with van der Waals surface area (Å²) in [6.07, 6.45) is 1.35. The molecule has 1 aliphatic rings. The molecule has 1 saturated heterocycles. The summed E-state index contributed by atoms with van der Waals surface area (Å²) in [7, 11) is 0. The highest BCUT2D eigenvalue weighted by Gasteiger charge is 2.28. The first kappa shape index (κ1) is 14.3. The summed E-state index contributed by atoms with van der Waals surface area (Å²) >= 11 is 9.16. The SMILES string of the molecule is O=C(O)[C@@H]1CCCN(C(=O)c2ccc(Cl)c(Br)c2)C1. The Kier molecular flexibility index (Phi) is 4.47. The minimum atomic E-state index is -0.838. The van der Waals surface area contributed by atoms with E-state index in [9.17, 15) is 9.59 Å². The van der Waals surface area contributed by atoms with Crippen molar-refractivity contribution in [3.05, 3.63) is 33.3 Å². The van der Waals surface area contributed by atoms with E-state index in [0.717, 1.165) is 6.42 Å². The highest BCUT2D eigenvalue weighted by atomic mass is 79.9. The van der Waals surface area contributed by atoms with Crippen molar-refractivity contribution >= 4 is 39.4 Å². The van der Waals surface area contributed by atoms with Crippen LogP contribution in [0.3, 0.4) is 0 Å². The number of piperidine rings is 1. The fourth-order valence-corrected chi connectivity index (χ4v) is 2.67. The van der Waals surface area contributed by atoms with Gasteiger partial charge in [-0.15, -0.1) is 0 Å². The molecule has 0 spiro atoms. The van der Waals surface area contributed by atoms with Gasteiger partial charge in [0.25, 0.3) is 5.91 Å². The third-order valence-corrected chi connectivity index (χ3v) is 4.44. The van der Waals surface area contributed by atoms with Crippen LogP contribution in [-0.4, -0.2) is 35.0 Å². The van der Waals surface area contributed by atoms with Gasteiger partial charge < -0.3 is 10.0 Å². The third kappa shape index (κ3) is 3.28. The fourth-order valence-electron chi connectivity index (χ4n) is 2.17. The Morgan fingerprint density at radius 3 is 2.79 bits per heavy atom. The molecule has 1 aliphatic heterocycles. The van der Waals surface area contributed by atoms with Crippen LogP contribution >= 0.6 is 27.5 Å². The van der Waals surface area contributed by atoms with Gasteiger partial charge in [-0.2, -0.15) is 0 Å². The number of hydrogen-bond donors (Lipinski definition) is 1. The molecule has 1 aromatic rings. The predicted molar refractivity (Wildman–Crippen MR) is 75.4 cm³/mol. The zero-order valence-corrected chi connectivity index (χ0v) is 12.4. The van der Waals surface area contributed by atoms with E-state index < -0.39 is 11.9 Å². The fraction of sp³-hybridized carbons (Fsp3) is 0.385. The number of carbonyl (C=O) groups excluding carboxylic acids is 1. The van der Waals surface area contributed by atoms with Crippen LogP contribution in [0.5, 0.6) is 0 Å². The van der Waals surface area contributed by atoms with Crippen LogP contribution in [-0.2, 0) is 4.79 Å². The summed E-state index contributed by atoms with van der Waals surface area (Å²) in [5.74, 6) is -1.45. The zero-order valence-electron chi connectivity index (χ0n) is 10.1. The number of nitrogens with zero attached hydrogens (tertiary/aromatic N) is 1. The summed E-state index contributed by atoms with van der Waals surface area (Å²) in [4.78, 5) is 24.9. The number of carbonyl (C=O) groups is 2. The molecule has 6 heteroatoms. The highest BCUT2D eigenvalue weighted by molar-refractivity contribution is 9.10. The Hall–Kier alpha value is -1.07. The van der Waals surface area contributed by atoms with Gasteiger partial charge in [-0.1, -0.05) is 11.6 Å². The van der Waals surface area contributed by atoms with E-state index in [0.29, 0.717) is 28.0 Å². The highest BCUT2D eigenvalue weighted by Crippen LogP contribution is 2.25. The lowest BCUT2D eigenvalue weighted by molar-refractivity contribution is -0.143. The first-order valence-corrected chi connectivity index (χ1v) is 7.13. The van der Waals surface area contributed by atoms with Gasteiger partial charge in [0.05, 0.1) is 10.9 Å². The molecule has 0 aromatic heterocycles. The number of rotatable bonds is 2. The van der Waals surface area contributed by atoms with Crippen molar-refractivity contribution in [2.75, 3.05) is 13.1 Å². The van der Waals surface area contributed by atoms with E-state index in [1.54, 1.807) is 23.1 Å². The maximum absolute atomic E-state index is 12.3. The Morgan fingerprint density at radius 1 is 1.42 bits per heavy atom. The molecule has 2 rings (SSSR count). The molecule has 1 atom stereocenters. The Bertz CT molecular complexity index is 521. The summed E-state index contributed by atoms with van der Waals surface area (Å²) in [6, 6.07) is 4.96. The number of carboxylic acid groups (broad SMARTS) is 1. The smallest absolute Gasteiger partial charge is 0.308 e. The number of benzene rings is 1. The topological polar surface area (TPSA) is 57.6 Å². The van der Waals surface area contributed by atoms with E-state index in [2.05, 4.69) is 15.9 Å². The van der Waals surface area contributed by atoms with Crippen molar-refractivity contribution in [1.82, 2.24) is 4.90 Å². The van der Waals surface area contributed by atoms with Crippen LogP contribution in [0.25, 0.3) is 0 Å². The zero-order chi connectivity index (χ0) is 14.0. The van der Waals surface area contributed by atoms with Crippen LogP contribution < -0.4 is 0 Å². The molecule has 102 valence electrons. The van der Waals surface area contributed by atoms with Crippen molar-refractivity contribution in [2.45, 2.75) is 12.8 Å². The van der Waals surface area contributed by atoms with Crippen molar-refractivity contribution in [1.29, 1.82) is 0 Å². The molecule has 1 heterocycles. The molecular formula is C13H13BrClNO3. The van der Waals surface area contributed by atoms with Gasteiger partial charge in [-0.3, -0.25) is 9.59 Å². The lowest BCUT2D eigenvalue weighted by atomic mass is 9.97. The number of hydrogen-bond acceptors (Lipinski definition) is 2. The van der Waals surface area contributed by atoms with Crippen molar-refractivity contribution in [2.24, 2.45) is 5.92 Å².